The number of carbonyl (C=O) groups is 1. The molecule has 7 heteroatoms. The van der Waals surface area contributed by atoms with Crippen molar-refractivity contribution in [3.05, 3.63) is 52.9 Å². The van der Waals surface area contributed by atoms with Gasteiger partial charge in [-0.1, -0.05) is 24.6 Å². The fourth-order valence-corrected chi connectivity index (χ4v) is 3.61. The lowest BCUT2D eigenvalue weighted by Crippen LogP contribution is -2.49. The van der Waals surface area contributed by atoms with Crippen LogP contribution in [0.15, 0.2) is 36.5 Å². The number of nitrogens with zero attached hydrogens (tertiary/aromatic N) is 2. The Morgan fingerprint density at radius 3 is 2.89 bits per heavy atom. The van der Waals surface area contributed by atoms with Gasteiger partial charge in [0.2, 0.25) is 0 Å². The molecule has 0 unspecified atom stereocenters. The van der Waals surface area contributed by atoms with Gasteiger partial charge in [-0.3, -0.25) is 4.79 Å². The first-order valence-corrected chi connectivity index (χ1v) is 9.95. The molecule has 1 N–H and O–H groups in total. The van der Waals surface area contributed by atoms with Gasteiger partial charge >= 0.3 is 0 Å². The minimum absolute atomic E-state index is 0.0149. The molecule has 0 spiro atoms. The lowest BCUT2D eigenvalue weighted by molar-refractivity contribution is 0.0560. The number of pyridine rings is 1. The Bertz CT molecular complexity index is 816. The summed E-state index contributed by atoms with van der Waals surface area (Å²) in [5, 5.41) is 3.85. The number of halogens is 2. The summed E-state index contributed by atoms with van der Waals surface area (Å²) in [6.45, 7) is 5.38. The molecule has 1 saturated heterocycles. The summed E-state index contributed by atoms with van der Waals surface area (Å²) in [5.74, 6) is 0.400. The molecule has 5 nitrogen and oxygen atoms in total. The zero-order valence-electron chi connectivity index (χ0n) is 16.1. The number of amides is 1. The number of hydrogen-bond acceptors (Lipinski definition) is 4. The monoisotopic (exact) mass is 405 g/mol. The van der Waals surface area contributed by atoms with Gasteiger partial charge in [-0.2, -0.15) is 0 Å². The molecule has 3 rings (SSSR count). The zero-order chi connectivity index (χ0) is 20.1. The number of carbonyl (C=O) groups excluding carboxylic acids is 1. The maximum absolute atomic E-state index is 14.2. The maximum atomic E-state index is 14.2. The van der Waals surface area contributed by atoms with Gasteiger partial charge in [-0.15, -0.1) is 0 Å². The minimum Gasteiger partial charge on any atom is -0.490 e. The summed E-state index contributed by atoms with van der Waals surface area (Å²) >= 11 is 5.88. The van der Waals surface area contributed by atoms with Crippen LogP contribution < -0.4 is 10.1 Å². The van der Waals surface area contributed by atoms with E-state index in [1.807, 2.05) is 4.90 Å². The highest BCUT2D eigenvalue weighted by molar-refractivity contribution is 6.30. The predicted molar refractivity (Wildman–Crippen MR) is 109 cm³/mol. The van der Waals surface area contributed by atoms with E-state index in [4.69, 9.17) is 16.3 Å². The van der Waals surface area contributed by atoms with E-state index in [9.17, 15) is 9.18 Å². The topological polar surface area (TPSA) is 54.5 Å². The van der Waals surface area contributed by atoms with Crippen molar-refractivity contribution in [2.24, 2.45) is 5.92 Å². The van der Waals surface area contributed by atoms with Gasteiger partial charge in [0.25, 0.3) is 5.91 Å². The third-order valence-electron chi connectivity index (χ3n) is 4.93. The predicted octanol–water partition coefficient (Wildman–Crippen LogP) is 4.63. The lowest BCUT2D eigenvalue weighted by Gasteiger charge is -2.39. The number of ether oxygens (including phenoxy) is 1. The van der Waals surface area contributed by atoms with E-state index in [1.54, 1.807) is 37.4 Å². The van der Waals surface area contributed by atoms with Crippen molar-refractivity contribution in [1.29, 1.82) is 0 Å². The molecule has 2 heterocycles. The van der Waals surface area contributed by atoms with E-state index in [1.165, 1.54) is 6.07 Å². The smallest absolute Gasteiger partial charge is 0.258 e. The van der Waals surface area contributed by atoms with Crippen molar-refractivity contribution < 1.29 is 13.9 Å². The van der Waals surface area contributed by atoms with Crippen molar-refractivity contribution in [2.45, 2.75) is 32.7 Å². The summed E-state index contributed by atoms with van der Waals surface area (Å²) < 4.78 is 19.6. The first kappa shape index (κ1) is 20.4. The van der Waals surface area contributed by atoms with Crippen LogP contribution in [0.2, 0.25) is 5.02 Å². The standard InChI is InChI=1S/C21H25ClFN3O2/c1-3-28-20-17(5-4-6-18(20)23)21(27)26-13-14(2)7-9-16(26)12-25-19-10-8-15(22)11-24-19/h4-6,8,10-11,14,16H,3,7,9,12-13H2,1-2H3,(H,24,25)/t14-,16-/m0/s1. The van der Waals surface area contributed by atoms with Crippen molar-refractivity contribution in [3.63, 3.8) is 0 Å². The average Bonchev–Trinajstić information content (AvgIpc) is 2.69. The van der Waals surface area contributed by atoms with E-state index in [-0.39, 0.29) is 23.3 Å². The van der Waals surface area contributed by atoms with Gasteiger partial charge in [0.1, 0.15) is 5.82 Å². The number of rotatable bonds is 6. The third kappa shape index (κ3) is 4.73. The quantitative estimate of drug-likeness (QED) is 0.761. The van der Waals surface area contributed by atoms with Crippen LogP contribution in [0.1, 0.15) is 37.0 Å². The fourth-order valence-electron chi connectivity index (χ4n) is 3.50. The number of piperidine rings is 1. The molecule has 0 saturated carbocycles. The van der Waals surface area contributed by atoms with E-state index in [2.05, 4.69) is 17.2 Å². The fraction of sp³-hybridized carbons (Fsp3) is 0.429. The Morgan fingerprint density at radius 1 is 1.36 bits per heavy atom. The van der Waals surface area contributed by atoms with Gasteiger partial charge < -0.3 is 15.0 Å². The van der Waals surface area contributed by atoms with Crippen LogP contribution in [-0.4, -0.2) is 41.5 Å². The van der Waals surface area contributed by atoms with Crippen molar-refractivity contribution in [3.8, 4) is 5.75 Å². The summed E-state index contributed by atoms with van der Waals surface area (Å²) in [4.78, 5) is 19.3. The first-order valence-electron chi connectivity index (χ1n) is 9.57. The molecule has 0 bridgehead atoms. The van der Waals surface area contributed by atoms with Crippen molar-refractivity contribution in [1.82, 2.24) is 9.88 Å². The number of aromatic nitrogens is 1. The molecular formula is C21H25ClFN3O2. The SMILES string of the molecule is CCOc1c(F)cccc1C(=O)N1C[C@@H](C)CC[C@H]1CNc1ccc(Cl)cn1. The summed E-state index contributed by atoms with van der Waals surface area (Å²) in [7, 11) is 0. The summed E-state index contributed by atoms with van der Waals surface area (Å²) in [6, 6.07) is 8.04. The second-order valence-corrected chi connectivity index (χ2v) is 7.52. The Morgan fingerprint density at radius 2 is 2.18 bits per heavy atom. The number of likely N-dealkylation sites (tertiary alicyclic amines) is 1. The van der Waals surface area contributed by atoms with Crippen LogP contribution in [0.3, 0.4) is 0 Å². The Balaban J connectivity index is 1.79. The molecular weight excluding hydrogens is 381 g/mol. The number of anilines is 1. The molecule has 28 heavy (non-hydrogen) atoms. The second-order valence-electron chi connectivity index (χ2n) is 7.09. The van der Waals surface area contributed by atoms with E-state index in [0.717, 1.165) is 12.8 Å². The Hall–Kier alpha value is -2.34. The highest BCUT2D eigenvalue weighted by Gasteiger charge is 2.32. The molecule has 1 fully saturated rings. The normalized spacial score (nSPS) is 19.4. The molecule has 2 aromatic rings. The average molecular weight is 406 g/mol. The maximum Gasteiger partial charge on any atom is 0.258 e. The highest BCUT2D eigenvalue weighted by atomic mass is 35.5. The van der Waals surface area contributed by atoms with Gasteiger partial charge in [0.15, 0.2) is 11.6 Å². The first-order chi connectivity index (χ1) is 13.5. The molecule has 1 aromatic heterocycles. The van der Waals surface area contributed by atoms with Gasteiger partial charge in [0, 0.05) is 25.3 Å². The molecule has 1 aliphatic heterocycles. The molecule has 2 atom stereocenters. The van der Waals surface area contributed by atoms with Crippen LogP contribution in [0.4, 0.5) is 10.2 Å². The zero-order valence-corrected chi connectivity index (χ0v) is 16.9. The second kappa shape index (κ2) is 9.24. The Kier molecular flexibility index (Phi) is 6.73. The van der Waals surface area contributed by atoms with E-state index >= 15 is 0 Å². The molecule has 1 aromatic carbocycles. The van der Waals surface area contributed by atoms with Crippen molar-refractivity contribution in [2.75, 3.05) is 25.0 Å². The number of benzene rings is 1. The van der Waals surface area contributed by atoms with Gasteiger partial charge in [0.05, 0.1) is 17.2 Å². The van der Waals surface area contributed by atoms with Crippen molar-refractivity contribution >= 4 is 23.3 Å². The van der Waals surface area contributed by atoms with Crippen LogP contribution in [0.25, 0.3) is 0 Å². The molecule has 1 aliphatic rings. The molecule has 150 valence electrons. The van der Waals surface area contributed by atoms with Crippen LogP contribution >= 0.6 is 11.6 Å². The van der Waals surface area contributed by atoms with Crippen LogP contribution in [0, 0.1) is 11.7 Å². The van der Waals surface area contributed by atoms with Crippen LogP contribution in [0.5, 0.6) is 5.75 Å². The molecule has 0 radical (unpaired) electrons. The van der Waals surface area contributed by atoms with E-state index in [0.29, 0.717) is 36.5 Å². The summed E-state index contributed by atoms with van der Waals surface area (Å²) in [6.07, 6.45) is 3.48. The minimum atomic E-state index is -0.516. The Labute approximate surface area is 169 Å². The largest absolute Gasteiger partial charge is 0.490 e. The number of para-hydroxylation sites is 1. The molecule has 0 aliphatic carbocycles. The number of nitrogens with one attached hydrogen (secondary N) is 1. The molecule has 1 amide bonds. The van der Waals surface area contributed by atoms with Gasteiger partial charge in [-0.25, -0.2) is 9.37 Å². The highest BCUT2D eigenvalue weighted by Crippen LogP contribution is 2.29. The van der Waals surface area contributed by atoms with Crippen LogP contribution in [-0.2, 0) is 0 Å². The van der Waals surface area contributed by atoms with E-state index < -0.39 is 5.82 Å². The summed E-state index contributed by atoms with van der Waals surface area (Å²) in [5.41, 5.74) is 0.269. The lowest BCUT2D eigenvalue weighted by atomic mass is 9.93. The third-order valence-corrected chi connectivity index (χ3v) is 5.16. The number of hydrogen-bond donors (Lipinski definition) is 1. The van der Waals surface area contributed by atoms with Gasteiger partial charge in [-0.05, 0) is 49.9 Å².